The van der Waals surface area contributed by atoms with Crippen molar-refractivity contribution in [1.82, 2.24) is 0 Å². The maximum Gasteiger partial charge on any atom is 0.198 e. The Morgan fingerprint density at radius 1 is 1.00 bits per heavy atom. The van der Waals surface area contributed by atoms with Crippen LogP contribution in [0.5, 0.6) is 11.5 Å². The van der Waals surface area contributed by atoms with E-state index >= 15 is 0 Å². The average molecular weight is 296 g/mol. The van der Waals surface area contributed by atoms with Crippen LogP contribution in [0.25, 0.3) is 0 Å². The van der Waals surface area contributed by atoms with Crippen LogP contribution in [0, 0.1) is 0 Å². The summed E-state index contributed by atoms with van der Waals surface area (Å²) < 4.78 is 5.26. The summed E-state index contributed by atoms with van der Waals surface area (Å²) in [5, 5.41) is 9.93. The lowest BCUT2D eigenvalue weighted by molar-refractivity contribution is -0.118. The number of phenolic OH excluding ortho intramolecular Hbond substituents is 1. The lowest BCUT2D eigenvalue weighted by Gasteiger charge is -2.20. The summed E-state index contributed by atoms with van der Waals surface area (Å²) in [4.78, 5) is 36.2. The van der Waals surface area contributed by atoms with Gasteiger partial charge in [-0.2, -0.15) is 0 Å². The van der Waals surface area contributed by atoms with Crippen molar-refractivity contribution in [2.24, 2.45) is 0 Å². The van der Waals surface area contributed by atoms with Gasteiger partial charge in [0.05, 0.1) is 5.56 Å². The highest BCUT2D eigenvalue weighted by molar-refractivity contribution is 6.29. The molecule has 0 fully saturated rings. The molecule has 0 radical (unpaired) electrons. The highest BCUT2D eigenvalue weighted by Gasteiger charge is 2.33. The van der Waals surface area contributed by atoms with E-state index in [1.165, 1.54) is 19.1 Å². The number of rotatable bonds is 3. The topological polar surface area (TPSA) is 80.7 Å². The Morgan fingerprint density at radius 3 is 2.27 bits per heavy atom. The average Bonchev–Trinajstić information content (AvgIpc) is 2.51. The van der Waals surface area contributed by atoms with Gasteiger partial charge in [-0.15, -0.1) is 0 Å². The summed E-state index contributed by atoms with van der Waals surface area (Å²) in [6.07, 6.45) is 0. The van der Waals surface area contributed by atoms with Gasteiger partial charge in [-0.05, 0) is 19.1 Å². The van der Waals surface area contributed by atoms with E-state index in [0.29, 0.717) is 5.56 Å². The van der Waals surface area contributed by atoms with Crippen LogP contribution in [0.1, 0.15) is 38.8 Å². The molecule has 0 aliphatic heterocycles. The van der Waals surface area contributed by atoms with E-state index in [-0.39, 0.29) is 46.4 Å². The van der Waals surface area contributed by atoms with Gasteiger partial charge in [-0.1, -0.05) is 24.3 Å². The SMILES string of the molecule is CC(=O)COc1c(O)ccc2c1C(=O)c1ccccc1C2=O. The van der Waals surface area contributed by atoms with Gasteiger partial charge in [0.1, 0.15) is 6.61 Å². The Balaban J connectivity index is 2.20. The van der Waals surface area contributed by atoms with Crippen LogP contribution < -0.4 is 4.74 Å². The van der Waals surface area contributed by atoms with E-state index in [9.17, 15) is 19.5 Å². The number of carbonyl (C=O) groups is 3. The monoisotopic (exact) mass is 296 g/mol. The van der Waals surface area contributed by atoms with E-state index in [4.69, 9.17) is 4.74 Å². The van der Waals surface area contributed by atoms with Crippen molar-refractivity contribution < 1.29 is 24.2 Å². The van der Waals surface area contributed by atoms with Gasteiger partial charge in [-0.25, -0.2) is 0 Å². The van der Waals surface area contributed by atoms with Gasteiger partial charge < -0.3 is 9.84 Å². The molecule has 0 bridgehead atoms. The van der Waals surface area contributed by atoms with E-state index in [1.54, 1.807) is 24.3 Å². The van der Waals surface area contributed by atoms with E-state index in [0.717, 1.165) is 0 Å². The molecule has 1 aliphatic carbocycles. The van der Waals surface area contributed by atoms with Crippen LogP contribution in [0.4, 0.5) is 0 Å². The van der Waals surface area contributed by atoms with Crippen LogP contribution in [-0.4, -0.2) is 29.1 Å². The third-order valence-electron chi connectivity index (χ3n) is 3.44. The minimum atomic E-state index is -0.403. The molecule has 2 aromatic carbocycles. The largest absolute Gasteiger partial charge is 0.504 e. The van der Waals surface area contributed by atoms with Crippen molar-refractivity contribution in [3.05, 3.63) is 58.7 Å². The standard InChI is InChI=1S/C17H12O5/c1-9(18)8-22-17-13(19)7-6-12-14(17)16(21)11-5-3-2-4-10(11)15(12)20/h2-7,19H,8H2,1H3. The van der Waals surface area contributed by atoms with Gasteiger partial charge in [0.25, 0.3) is 0 Å². The van der Waals surface area contributed by atoms with Crippen molar-refractivity contribution >= 4 is 17.3 Å². The third-order valence-corrected chi connectivity index (χ3v) is 3.44. The molecule has 5 nitrogen and oxygen atoms in total. The number of fused-ring (bicyclic) bond motifs is 2. The zero-order chi connectivity index (χ0) is 15.9. The molecule has 2 aromatic rings. The van der Waals surface area contributed by atoms with Crippen LogP contribution in [0.2, 0.25) is 0 Å². The normalized spacial score (nSPS) is 12.6. The molecule has 5 heteroatoms. The highest BCUT2D eigenvalue weighted by Crippen LogP contribution is 2.38. The molecule has 0 spiro atoms. The second kappa shape index (κ2) is 5.11. The van der Waals surface area contributed by atoms with Crippen molar-refractivity contribution in [3.8, 4) is 11.5 Å². The molecule has 3 rings (SSSR count). The maximum atomic E-state index is 12.6. The minimum Gasteiger partial charge on any atom is -0.504 e. The Kier molecular flexibility index (Phi) is 3.25. The van der Waals surface area contributed by atoms with Crippen molar-refractivity contribution in [1.29, 1.82) is 0 Å². The Hall–Kier alpha value is -2.95. The first-order valence-electron chi connectivity index (χ1n) is 6.67. The molecular formula is C17H12O5. The van der Waals surface area contributed by atoms with Crippen LogP contribution in [0.15, 0.2) is 36.4 Å². The molecule has 0 atom stereocenters. The molecular weight excluding hydrogens is 284 g/mol. The first-order valence-corrected chi connectivity index (χ1v) is 6.67. The Labute approximate surface area is 126 Å². The quantitative estimate of drug-likeness (QED) is 0.801. The number of phenols is 1. The predicted molar refractivity (Wildman–Crippen MR) is 77.6 cm³/mol. The summed E-state index contributed by atoms with van der Waals surface area (Å²) in [6, 6.07) is 9.16. The zero-order valence-corrected chi connectivity index (χ0v) is 11.8. The molecule has 1 aliphatic rings. The molecule has 0 heterocycles. The number of carbonyl (C=O) groups excluding carboxylic acids is 3. The van der Waals surface area contributed by atoms with Crippen LogP contribution in [0.3, 0.4) is 0 Å². The molecule has 0 amide bonds. The van der Waals surface area contributed by atoms with Crippen LogP contribution >= 0.6 is 0 Å². The number of hydrogen-bond donors (Lipinski definition) is 1. The molecule has 0 unspecified atom stereocenters. The second-order valence-corrected chi connectivity index (χ2v) is 5.03. The van der Waals surface area contributed by atoms with Crippen molar-refractivity contribution in [3.63, 3.8) is 0 Å². The zero-order valence-electron chi connectivity index (χ0n) is 11.8. The first kappa shape index (κ1) is 14.0. The smallest absolute Gasteiger partial charge is 0.198 e. The summed E-state index contributed by atoms with van der Waals surface area (Å²) >= 11 is 0. The lowest BCUT2D eigenvalue weighted by atomic mass is 9.83. The fourth-order valence-corrected chi connectivity index (χ4v) is 2.47. The van der Waals surface area contributed by atoms with Gasteiger partial charge in [0.2, 0.25) is 0 Å². The first-order chi connectivity index (χ1) is 10.5. The summed E-state index contributed by atoms with van der Waals surface area (Å²) in [5.41, 5.74) is 0.756. The number of ether oxygens (including phenoxy) is 1. The summed E-state index contributed by atoms with van der Waals surface area (Å²) in [7, 11) is 0. The Bertz CT molecular complexity index is 820. The lowest BCUT2D eigenvalue weighted by Crippen LogP contribution is -2.22. The highest BCUT2D eigenvalue weighted by atomic mass is 16.5. The number of aromatic hydroxyl groups is 1. The number of benzene rings is 2. The molecule has 0 saturated heterocycles. The van der Waals surface area contributed by atoms with Crippen molar-refractivity contribution in [2.45, 2.75) is 6.92 Å². The summed E-state index contributed by atoms with van der Waals surface area (Å²) in [6.45, 7) is 1.04. The number of ketones is 3. The maximum absolute atomic E-state index is 12.6. The molecule has 0 saturated carbocycles. The Morgan fingerprint density at radius 2 is 1.64 bits per heavy atom. The fourth-order valence-electron chi connectivity index (χ4n) is 2.47. The van der Waals surface area contributed by atoms with Gasteiger partial charge in [0.15, 0.2) is 28.8 Å². The molecule has 110 valence electrons. The number of hydrogen-bond acceptors (Lipinski definition) is 5. The van der Waals surface area contributed by atoms with Gasteiger partial charge in [-0.3, -0.25) is 14.4 Å². The predicted octanol–water partition coefficient (Wildman–Crippen LogP) is 2.14. The van der Waals surface area contributed by atoms with E-state index in [2.05, 4.69) is 0 Å². The minimum absolute atomic E-state index is 0.00458. The van der Waals surface area contributed by atoms with Gasteiger partial charge in [0, 0.05) is 16.7 Å². The fraction of sp³-hybridized carbons (Fsp3) is 0.118. The second-order valence-electron chi connectivity index (χ2n) is 5.03. The van der Waals surface area contributed by atoms with E-state index in [1.807, 2.05) is 0 Å². The van der Waals surface area contributed by atoms with Crippen LogP contribution in [-0.2, 0) is 4.79 Å². The third kappa shape index (κ3) is 2.07. The number of Topliss-reactive ketones (excluding diaryl/α,β-unsaturated/α-hetero) is 1. The molecule has 1 N–H and O–H groups in total. The van der Waals surface area contributed by atoms with Gasteiger partial charge >= 0.3 is 0 Å². The molecule has 22 heavy (non-hydrogen) atoms. The van der Waals surface area contributed by atoms with E-state index < -0.39 is 5.78 Å². The van der Waals surface area contributed by atoms with Crippen molar-refractivity contribution in [2.75, 3.05) is 6.61 Å². The summed E-state index contributed by atoms with van der Waals surface area (Å²) in [5.74, 6) is -1.37. The molecule has 0 aromatic heterocycles.